The third-order valence-corrected chi connectivity index (χ3v) is 5.75. The van der Waals surface area contributed by atoms with E-state index in [2.05, 4.69) is 21.7 Å². The fraction of sp³-hybridized carbons (Fsp3) is 0.115. The Morgan fingerprint density at radius 3 is 2.39 bits per heavy atom. The van der Waals surface area contributed by atoms with Gasteiger partial charge in [-0.1, -0.05) is 12.1 Å². The molecular formula is C26H23N3O3S. The van der Waals surface area contributed by atoms with Crippen molar-refractivity contribution >= 4 is 34.5 Å². The number of anilines is 2. The van der Waals surface area contributed by atoms with E-state index in [4.69, 9.17) is 4.74 Å². The summed E-state index contributed by atoms with van der Waals surface area (Å²) in [7, 11) is 0. The lowest BCUT2D eigenvalue weighted by molar-refractivity contribution is -0.116. The maximum Gasteiger partial charge on any atom is 0.255 e. The van der Waals surface area contributed by atoms with Crippen molar-refractivity contribution in [1.82, 2.24) is 4.98 Å². The second-order valence-corrected chi connectivity index (χ2v) is 8.36. The molecule has 2 amide bonds. The number of ether oxygens (including phenoxy) is 1. The number of rotatable bonds is 9. The summed E-state index contributed by atoms with van der Waals surface area (Å²) in [5.41, 5.74) is 1.71. The summed E-state index contributed by atoms with van der Waals surface area (Å²) in [6, 6.07) is 21.6. The molecule has 4 aromatic rings. The monoisotopic (exact) mass is 457 g/mol. The van der Waals surface area contributed by atoms with E-state index in [-0.39, 0.29) is 11.8 Å². The van der Waals surface area contributed by atoms with Crippen LogP contribution in [-0.4, -0.2) is 16.8 Å². The Hall–Kier alpha value is -3.97. The molecule has 33 heavy (non-hydrogen) atoms. The summed E-state index contributed by atoms with van der Waals surface area (Å²) in [6.07, 6.45) is 5.42. The molecule has 0 bridgehead atoms. The first kappa shape index (κ1) is 22.2. The highest BCUT2D eigenvalue weighted by Crippen LogP contribution is 2.23. The third kappa shape index (κ3) is 6.75. The Labute approximate surface area is 196 Å². The summed E-state index contributed by atoms with van der Waals surface area (Å²) in [5.74, 6) is 1.02. The number of hydrogen-bond acceptors (Lipinski definition) is 5. The molecule has 0 saturated carbocycles. The van der Waals surface area contributed by atoms with Gasteiger partial charge in [-0.3, -0.25) is 14.6 Å². The van der Waals surface area contributed by atoms with E-state index in [0.717, 1.165) is 12.8 Å². The molecule has 0 saturated heterocycles. The first-order chi connectivity index (χ1) is 16.2. The van der Waals surface area contributed by atoms with E-state index < -0.39 is 0 Å². The third-order valence-electron chi connectivity index (χ3n) is 4.81. The molecule has 2 aromatic carbocycles. The summed E-state index contributed by atoms with van der Waals surface area (Å²) >= 11 is 1.70. The maximum absolute atomic E-state index is 12.7. The van der Waals surface area contributed by atoms with Crippen LogP contribution in [0.25, 0.3) is 0 Å². The minimum absolute atomic E-state index is 0.0612. The number of benzene rings is 2. The summed E-state index contributed by atoms with van der Waals surface area (Å²) in [4.78, 5) is 30.2. The van der Waals surface area contributed by atoms with Gasteiger partial charge < -0.3 is 15.4 Å². The van der Waals surface area contributed by atoms with Gasteiger partial charge >= 0.3 is 0 Å². The van der Waals surface area contributed by atoms with Crippen LogP contribution in [0.5, 0.6) is 11.5 Å². The summed E-state index contributed by atoms with van der Waals surface area (Å²) < 4.78 is 5.73. The van der Waals surface area contributed by atoms with Gasteiger partial charge in [-0.2, -0.15) is 0 Å². The van der Waals surface area contributed by atoms with Crippen molar-refractivity contribution in [2.75, 3.05) is 10.6 Å². The molecule has 0 aliphatic rings. The molecule has 0 radical (unpaired) electrons. The Morgan fingerprint density at radius 2 is 1.64 bits per heavy atom. The largest absolute Gasteiger partial charge is 0.457 e. The molecular weight excluding hydrogens is 434 g/mol. The number of amides is 2. The zero-order valence-corrected chi connectivity index (χ0v) is 18.7. The van der Waals surface area contributed by atoms with Crippen LogP contribution in [0, 0.1) is 0 Å². The quantitative estimate of drug-likeness (QED) is 0.316. The Morgan fingerprint density at radius 1 is 0.848 bits per heavy atom. The predicted molar refractivity (Wildman–Crippen MR) is 131 cm³/mol. The van der Waals surface area contributed by atoms with Gasteiger partial charge in [0.05, 0.1) is 0 Å². The molecule has 4 rings (SSSR count). The van der Waals surface area contributed by atoms with Gasteiger partial charge in [0, 0.05) is 40.6 Å². The fourth-order valence-electron chi connectivity index (χ4n) is 3.19. The van der Waals surface area contributed by atoms with Crippen LogP contribution in [0.1, 0.15) is 28.1 Å². The number of nitrogens with one attached hydrogen (secondary N) is 2. The normalized spacial score (nSPS) is 10.4. The Balaban J connectivity index is 1.29. The van der Waals surface area contributed by atoms with Crippen molar-refractivity contribution in [3.63, 3.8) is 0 Å². The van der Waals surface area contributed by atoms with Gasteiger partial charge in [-0.05, 0) is 78.9 Å². The van der Waals surface area contributed by atoms with Gasteiger partial charge in [-0.15, -0.1) is 11.3 Å². The van der Waals surface area contributed by atoms with E-state index in [1.54, 1.807) is 84.4 Å². The molecule has 6 nitrogen and oxygen atoms in total. The highest BCUT2D eigenvalue weighted by molar-refractivity contribution is 7.09. The highest BCUT2D eigenvalue weighted by atomic mass is 32.1. The molecule has 2 heterocycles. The maximum atomic E-state index is 12.7. The second kappa shape index (κ2) is 11.1. The number of nitrogens with zero attached hydrogens (tertiary/aromatic N) is 1. The highest BCUT2D eigenvalue weighted by Gasteiger charge is 2.09. The molecule has 0 fully saturated rings. The van der Waals surface area contributed by atoms with Crippen LogP contribution >= 0.6 is 11.3 Å². The first-order valence-corrected chi connectivity index (χ1v) is 11.5. The van der Waals surface area contributed by atoms with Crippen LogP contribution < -0.4 is 15.4 Å². The van der Waals surface area contributed by atoms with Gasteiger partial charge in [0.1, 0.15) is 11.5 Å². The number of carbonyl (C=O) groups excluding carboxylic acids is 2. The molecule has 0 spiro atoms. The average molecular weight is 458 g/mol. The van der Waals surface area contributed by atoms with Crippen LogP contribution in [0.4, 0.5) is 11.4 Å². The molecule has 166 valence electrons. The van der Waals surface area contributed by atoms with Gasteiger partial charge in [0.2, 0.25) is 5.91 Å². The smallest absolute Gasteiger partial charge is 0.255 e. The van der Waals surface area contributed by atoms with E-state index in [9.17, 15) is 9.59 Å². The van der Waals surface area contributed by atoms with E-state index >= 15 is 0 Å². The van der Waals surface area contributed by atoms with Gasteiger partial charge in [0.25, 0.3) is 5.91 Å². The van der Waals surface area contributed by atoms with E-state index in [0.29, 0.717) is 34.9 Å². The van der Waals surface area contributed by atoms with Crippen LogP contribution in [0.3, 0.4) is 0 Å². The number of hydrogen-bond donors (Lipinski definition) is 2. The molecule has 0 unspecified atom stereocenters. The van der Waals surface area contributed by atoms with Crippen molar-refractivity contribution < 1.29 is 14.3 Å². The number of carbonyl (C=O) groups is 2. The lowest BCUT2D eigenvalue weighted by atomic mass is 10.1. The minimum atomic E-state index is -0.258. The van der Waals surface area contributed by atoms with Crippen molar-refractivity contribution in [3.8, 4) is 11.5 Å². The standard InChI is InChI=1S/C26H23N3O3S/c30-25(8-2-6-24-7-3-17-33-24)28-21-5-1-4-19(18-21)26(31)29-20-9-11-22(12-10-20)32-23-13-15-27-16-14-23/h1,3-5,7,9-18H,2,6,8H2,(H,28,30)(H,29,31). The van der Waals surface area contributed by atoms with Crippen molar-refractivity contribution in [1.29, 1.82) is 0 Å². The van der Waals surface area contributed by atoms with E-state index in [1.165, 1.54) is 4.88 Å². The van der Waals surface area contributed by atoms with Crippen molar-refractivity contribution in [2.45, 2.75) is 19.3 Å². The summed E-state index contributed by atoms with van der Waals surface area (Å²) in [5, 5.41) is 7.78. The van der Waals surface area contributed by atoms with Crippen molar-refractivity contribution in [3.05, 3.63) is 101 Å². The average Bonchev–Trinajstić information content (AvgIpc) is 3.35. The van der Waals surface area contributed by atoms with Crippen molar-refractivity contribution in [2.24, 2.45) is 0 Å². The molecule has 2 aromatic heterocycles. The lowest BCUT2D eigenvalue weighted by Gasteiger charge is -2.10. The molecule has 2 N–H and O–H groups in total. The van der Waals surface area contributed by atoms with Crippen LogP contribution in [0.15, 0.2) is 90.6 Å². The SMILES string of the molecule is O=C(CCCc1cccs1)Nc1cccc(C(=O)Nc2ccc(Oc3ccncc3)cc2)c1. The Kier molecular flexibility index (Phi) is 7.45. The Bertz CT molecular complexity index is 1190. The van der Waals surface area contributed by atoms with Crippen LogP contribution in [-0.2, 0) is 11.2 Å². The number of thiophene rings is 1. The molecule has 0 aliphatic carbocycles. The molecule has 0 aliphatic heterocycles. The zero-order valence-electron chi connectivity index (χ0n) is 17.9. The number of aromatic nitrogens is 1. The zero-order chi connectivity index (χ0) is 22.9. The van der Waals surface area contributed by atoms with E-state index in [1.807, 2.05) is 11.4 Å². The number of aryl methyl sites for hydroxylation is 1. The number of pyridine rings is 1. The predicted octanol–water partition coefficient (Wildman–Crippen LogP) is 6.15. The minimum Gasteiger partial charge on any atom is -0.457 e. The fourth-order valence-corrected chi connectivity index (χ4v) is 3.94. The topological polar surface area (TPSA) is 80.3 Å². The molecule has 7 heteroatoms. The summed E-state index contributed by atoms with van der Waals surface area (Å²) in [6.45, 7) is 0. The van der Waals surface area contributed by atoms with Gasteiger partial charge in [0.15, 0.2) is 0 Å². The van der Waals surface area contributed by atoms with Gasteiger partial charge in [-0.25, -0.2) is 0 Å². The lowest BCUT2D eigenvalue weighted by Crippen LogP contribution is -2.14. The first-order valence-electron chi connectivity index (χ1n) is 10.6. The van der Waals surface area contributed by atoms with Crippen LogP contribution in [0.2, 0.25) is 0 Å². The molecule has 0 atom stereocenters. The second-order valence-electron chi connectivity index (χ2n) is 7.33.